The molecule has 0 aliphatic carbocycles. The molecular formula is C13H19ClN2. The van der Waals surface area contributed by atoms with Crippen LogP contribution >= 0.6 is 11.6 Å². The van der Waals surface area contributed by atoms with Gasteiger partial charge in [-0.15, -0.1) is 0 Å². The van der Waals surface area contributed by atoms with Crippen LogP contribution in [0.3, 0.4) is 0 Å². The van der Waals surface area contributed by atoms with Gasteiger partial charge >= 0.3 is 0 Å². The van der Waals surface area contributed by atoms with Gasteiger partial charge in [-0.1, -0.05) is 44.5 Å². The zero-order valence-corrected chi connectivity index (χ0v) is 11.0. The summed E-state index contributed by atoms with van der Waals surface area (Å²) in [4.78, 5) is 4.50. The molecule has 0 spiro atoms. The minimum atomic E-state index is -0.0827. The van der Waals surface area contributed by atoms with Gasteiger partial charge in [0.15, 0.2) is 0 Å². The van der Waals surface area contributed by atoms with E-state index < -0.39 is 0 Å². The van der Waals surface area contributed by atoms with Gasteiger partial charge in [0, 0.05) is 10.4 Å². The Labute approximate surface area is 103 Å². The van der Waals surface area contributed by atoms with Crippen LogP contribution in [-0.4, -0.2) is 5.84 Å². The predicted molar refractivity (Wildman–Crippen MR) is 70.9 cm³/mol. The molecule has 0 aliphatic rings. The summed E-state index contributed by atoms with van der Waals surface area (Å²) in [5, 5.41) is 0.740. The maximum atomic E-state index is 5.94. The van der Waals surface area contributed by atoms with E-state index in [-0.39, 0.29) is 11.5 Å². The van der Waals surface area contributed by atoms with Gasteiger partial charge in [-0.3, -0.25) is 4.99 Å². The lowest BCUT2D eigenvalue weighted by Crippen LogP contribution is -2.29. The Morgan fingerprint density at radius 3 is 2.19 bits per heavy atom. The third kappa shape index (κ3) is 3.53. The molecule has 0 bridgehead atoms. The smallest absolute Gasteiger partial charge is 0.0998 e. The van der Waals surface area contributed by atoms with Crippen molar-refractivity contribution >= 4 is 17.4 Å². The van der Waals surface area contributed by atoms with Crippen molar-refractivity contribution in [1.29, 1.82) is 0 Å². The van der Waals surface area contributed by atoms with E-state index in [1.54, 1.807) is 0 Å². The van der Waals surface area contributed by atoms with Gasteiger partial charge in [0.2, 0.25) is 0 Å². The van der Waals surface area contributed by atoms with Crippen LogP contribution in [0.15, 0.2) is 29.3 Å². The van der Waals surface area contributed by atoms with E-state index in [0.29, 0.717) is 5.84 Å². The van der Waals surface area contributed by atoms with Crippen LogP contribution in [0.25, 0.3) is 0 Å². The molecule has 1 rings (SSSR count). The number of aliphatic imine (C=N–C) groups is 1. The lowest BCUT2D eigenvalue weighted by molar-refractivity contribution is 0.575. The van der Waals surface area contributed by atoms with Gasteiger partial charge in [0.1, 0.15) is 0 Å². The van der Waals surface area contributed by atoms with Gasteiger partial charge in [-0.2, -0.15) is 0 Å². The first kappa shape index (κ1) is 13.0. The Morgan fingerprint density at radius 2 is 1.75 bits per heavy atom. The van der Waals surface area contributed by atoms with Crippen LogP contribution in [0, 0.1) is 5.41 Å². The summed E-state index contributed by atoms with van der Waals surface area (Å²) in [7, 11) is 0. The van der Waals surface area contributed by atoms with Gasteiger partial charge in [-0.05, 0) is 24.6 Å². The summed E-state index contributed by atoms with van der Waals surface area (Å²) < 4.78 is 0. The van der Waals surface area contributed by atoms with Crippen molar-refractivity contribution in [2.24, 2.45) is 16.1 Å². The second-order valence-electron chi connectivity index (χ2n) is 4.99. The molecule has 1 unspecified atom stereocenters. The third-order valence-electron chi connectivity index (χ3n) is 2.45. The van der Waals surface area contributed by atoms with E-state index in [4.69, 9.17) is 17.3 Å². The molecule has 3 heteroatoms. The fraction of sp³-hybridized carbons (Fsp3) is 0.462. The SMILES string of the molecule is CC(N=C(N)C(C)(C)C)c1ccc(Cl)cc1. The number of halogens is 1. The molecule has 0 radical (unpaired) electrons. The van der Waals surface area contributed by atoms with Crippen molar-refractivity contribution in [1.82, 2.24) is 0 Å². The Morgan fingerprint density at radius 1 is 1.25 bits per heavy atom. The molecule has 1 aromatic carbocycles. The Kier molecular flexibility index (Phi) is 3.98. The molecule has 0 amide bonds. The fourth-order valence-corrected chi connectivity index (χ4v) is 1.34. The molecular weight excluding hydrogens is 220 g/mol. The highest BCUT2D eigenvalue weighted by atomic mass is 35.5. The van der Waals surface area contributed by atoms with Crippen LogP contribution < -0.4 is 5.73 Å². The molecule has 1 atom stereocenters. The Hall–Kier alpha value is -1.02. The molecule has 0 saturated carbocycles. The summed E-state index contributed by atoms with van der Waals surface area (Å²) in [6.07, 6.45) is 0. The summed E-state index contributed by atoms with van der Waals surface area (Å²) in [6.45, 7) is 8.20. The zero-order valence-electron chi connectivity index (χ0n) is 10.3. The van der Waals surface area contributed by atoms with Gasteiger partial charge in [0.05, 0.1) is 11.9 Å². The summed E-state index contributed by atoms with van der Waals surface area (Å²) in [5.41, 5.74) is 6.98. The van der Waals surface area contributed by atoms with Crippen molar-refractivity contribution in [3.63, 3.8) is 0 Å². The van der Waals surface area contributed by atoms with Gasteiger partial charge < -0.3 is 5.73 Å². The Bertz CT molecular complexity index is 374. The van der Waals surface area contributed by atoms with Crippen LogP contribution in [0.5, 0.6) is 0 Å². The highest BCUT2D eigenvalue weighted by Gasteiger charge is 2.16. The highest BCUT2D eigenvalue weighted by Crippen LogP contribution is 2.22. The van der Waals surface area contributed by atoms with E-state index in [9.17, 15) is 0 Å². The first-order valence-electron chi connectivity index (χ1n) is 5.40. The normalized spacial score (nSPS) is 14.9. The molecule has 0 aromatic heterocycles. The van der Waals surface area contributed by atoms with E-state index in [1.807, 2.05) is 31.2 Å². The van der Waals surface area contributed by atoms with Crippen LogP contribution in [0.4, 0.5) is 0 Å². The van der Waals surface area contributed by atoms with E-state index in [2.05, 4.69) is 25.8 Å². The zero-order chi connectivity index (χ0) is 12.3. The van der Waals surface area contributed by atoms with Crippen molar-refractivity contribution < 1.29 is 0 Å². The average molecular weight is 239 g/mol. The number of hydrogen-bond donors (Lipinski definition) is 1. The molecule has 2 nitrogen and oxygen atoms in total. The van der Waals surface area contributed by atoms with Crippen molar-refractivity contribution in [3.8, 4) is 0 Å². The molecule has 0 saturated heterocycles. The van der Waals surface area contributed by atoms with E-state index in [1.165, 1.54) is 0 Å². The molecule has 88 valence electrons. The fourth-order valence-electron chi connectivity index (χ4n) is 1.22. The van der Waals surface area contributed by atoms with Crippen LogP contribution in [0.1, 0.15) is 39.3 Å². The predicted octanol–water partition coefficient (Wildman–Crippen LogP) is 3.80. The number of nitrogens with two attached hydrogens (primary N) is 1. The molecule has 1 aromatic rings. The maximum Gasteiger partial charge on any atom is 0.0998 e. The number of benzene rings is 1. The molecule has 16 heavy (non-hydrogen) atoms. The lowest BCUT2D eigenvalue weighted by atomic mass is 9.95. The average Bonchev–Trinajstić information content (AvgIpc) is 2.17. The molecule has 0 heterocycles. The molecule has 2 N–H and O–H groups in total. The number of hydrogen-bond acceptors (Lipinski definition) is 1. The maximum absolute atomic E-state index is 5.94. The van der Waals surface area contributed by atoms with Gasteiger partial charge in [-0.25, -0.2) is 0 Å². The van der Waals surface area contributed by atoms with Gasteiger partial charge in [0.25, 0.3) is 0 Å². The first-order chi connectivity index (χ1) is 7.30. The standard InChI is InChI=1S/C13H19ClN2/c1-9(16-12(15)13(2,3)4)10-5-7-11(14)8-6-10/h5-9H,1-4H3,(H2,15,16). The van der Waals surface area contributed by atoms with E-state index in [0.717, 1.165) is 10.6 Å². The third-order valence-corrected chi connectivity index (χ3v) is 2.71. The summed E-state index contributed by atoms with van der Waals surface area (Å²) in [5.74, 6) is 0.676. The quantitative estimate of drug-likeness (QED) is 0.618. The van der Waals surface area contributed by atoms with Crippen LogP contribution in [0.2, 0.25) is 5.02 Å². The molecule has 0 aliphatic heterocycles. The van der Waals surface area contributed by atoms with Crippen molar-refractivity contribution in [2.45, 2.75) is 33.7 Å². The first-order valence-corrected chi connectivity index (χ1v) is 5.77. The monoisotopic (exact) mass is 238 g/mol. The minimum Gasteiger partial charge on any atom is -0.387 e. The summed E-state index contributed by atoms with van der Waals surface area (Å²) in [6, 6.07) is 7.77. The minimum absolute atomic E-state index is 0.0662. The van der Waals surface area contributed by atoms with E-state index >= 15 is 0 Å². The second-order valence-corrected chi connectivity index (χ2v) is 5.43. The largest absolute Gasteiger partial charge is 0.387 e. The second kappa shape index (κ2) is 4.88. The Balaban J connectivity index is 2.87. The number of rotatable bonds is 2. The summed E-state index contributed by atoms with van der Waals surface area (Å²) >= 11 is 5.83. The van der Waals surface area contributed by atoms with Crippen LogP contribution in [-0.2, 0) is 0 Å². The lowest BCUT2D eigenvalue weighted by Gasteiger charge is -2.19. The highest BCUT2D eigenvalue weighted by molar-refractivity contribution is 6.30. The molecule has 0 fully saturated rings. The number of amidine groups is 1. The van der Waals surface area contributed by atoms with Crippen molar-refractivity contribution in [3.05, 3.63) is 34.9 Å². The number of nitrogens with zero attached hydrogens (tertiary/aromatic N) is 1. The topological polar surface area (TPSA) is 38.4 Å². The van der Waals surface area contributed by atoms with Crippen molar-refractivity contribution in [2.75, 3.05) is 0 Å².